The molecule has 0 unspecified atom stereocenters. The lowest BCUT2D eigenvalue weighted by molar-refractivity contribution is -0.0689. The SMILES string of the molecule is CC(C)(C)OC(=O)N1CCC(CO)(C(C)(C)F)CC1. The van der Waals surface area contributed by atoms with Crippen LogP contribution in [0.15, 0.2) is 0 Å². The van der Waals surface area contributed by atoms with E-state index in [1.807, 2.05) is 20.8 Å². The molecule has 1 amide bonds. The quantitative estimate of drug-likeness (QED) is 0.843. The molecule has 1 fully saturated rings. The Labute approximate surface area is 114 Å². The van der Waals surface area contributed by atoms with Crippen LogP contribution in [-0.2, 0) is 4.74 Å². The molecule has 1 N–H and O–H groups in total. The molecule has 0 aliphatic carbocycles. The third-order valence-corrected chi connectivity index (χ3v) is 3.94. The number of ether oxygens (including phenoxy) is 1. The standard InChI is InChI=1S/C14H26FNO3/c1-12(2,3)19-11(18)16-8-6-14(10-17,7-9-16)13(4,5)15/h17H,6-10H2,1-5H3. The molecule has 0 atom stereocenters. The molecule has 1 aliphatic heterocycles. The van der Waals surface area contributed by atoms with Crippen molar-refractivity contribution < 1.29 is 19.0 Å². The number of piperidine rings is 1. The van der Waals surface area contributed by atoms with E-state index in [1.54, 1.807) is 4.90 Å². The lowest BCUT2D eigenvalue weighted by Gasteiger charge is -2.46. The van der Waals surface area contributed by atoms with Gasteiger partial charge in [0.15, 0.2) is 0 Å². The van der Waals surface area contributed by atoms with Crippen molar-refractivity contribution in [2.75, 3.05) is 19.7 Å². The van der Waals surface area contributed by atoms with Gasteiger partial charge in [-0.05, 0) is 47.5 Å². The topological polar surface area (TPSA) is 49.8 Å². The summed E-state index contributed by atoms with van der Waals surface area (Å²) < 4.78 is 19.5. The molecule has 5 heteroatoms. The van der Waals surface area contributed by atoms with Crippen LogP contribution in [0.5, 0.6) is 0 Å². The van der Waals surface area contributed by atoms with E-state index in [4.69, 9.17) is 4.74 Å². The summed E-state index contributed by atoms with van der Waals surface area (Å²) in [6.07, 6.45) is 0.536. The number of rotatable bonds is 2. The summed E-state index contributed by atoms with van der Waals surface area (Å²) in [5.41, 5.74) is -2.74. The van der Waals surface area contributed by atoms with Gasteiger partial charge in [-0.2, -0.15) is 0 Å². The van der Waals surface area contributed by atoms with E-state index in [9.17, 15) is 14.3 Å². The normalized spacial score (nSPS) is 20.3. The molecule has 0 aromatic heterocycles. The maximum absolute atomic E-state index is 14.2. The highest BCUT2D eigenvalue weighted by molar-refractivity contribution is 5.68. The van der Waals surface area contributed by atoms with Crippen molar-refractivity contribution in [3.05, 3.63) is 0 Å². The Kier molecular flexibility index (Phi) is 4.50. The number of amides is 1. The molecular formula is C14H26FNO3. The van der Waals surface area contributed by atoms with E-state index in [-0.39, 0.29) is 12.7 Å². The second-order valence-corrected chi connectivity index (χ2v) is 6.88. The number of carbonyl (C=O) groups excluding carboxylic acids is 1. The van der Waals surface area contributed by atoms with Gasteiger partial charge in [-0.1, -0.05) is 0 Å². The third kappa shape index (κ3) is 3.81. The number of alkyl halides is 1. The number of aliphatic hydroxyl groups excluding tert-OH is 1. The van der Waals surface area contributed by atoms with Crippen LogP contribution >= 0.6 is 0 Å². The largest absolute Gasteiger partial charge is 0.444 e. The molecular weight excluding hydrogens is 249 g/mol. The first-order valence-corrected chi connectivity index (χ1v) is 6.78. The van der Waals surface area contributed by atoms with E-state index in [1.165, 1.54) is 13.8 Å². The van der Waals surface area contributed by atoms with Crippen LogP contribution in [0.4, 0.5) is 9.18 Å². The summed E-state index contributed by atoms with van der Waals surface area (Å²) in [4.78, 5) is 13.5. The predicted octanol–water partition coefficient (Wildman–Crippen LogP) is 2.74. The summed E-state index contributed by atoms with van der Waals surface area (Å²) >= 11 is 0. The van der Waals surface area contributed by atoms with Crippen LogP contribution in [0.3, 0.4) is 0 Å². The highest BCUT2D eigenvalue weighted by Crippen LogP contribution is 2.43. The van der Waals surface area contributed by atoms with Crippen LogP contribution in [0.2, 0.25) is 0 Å². The maximum Gasteiger partial charge on any atom is 0.410 e. The number of hydrogen-bond acceptors (Lipinski definition) is 3. The highest BCUT2D eigenvalue weighted by atomic mass is 19.1. The molecule has 0 saturated carbocycles. The fraction of sp³-hybridized carbons (Fsp3) is 0.929. The minimum Gasteiger partial charge on any atom is -0.444 e. The Bertz CT molecular complexity index is 323. The number of nitrogens with zero attached hydrogens (tertiary/aromatic N) is 1. The van der Waals surface area contributed by atoms with Crippen LogP contribution in [0.25, 0.3) is 0 Å². The fourth-order valence-corrected chi connectivity index (χ4v) is 2.38. The van der Waals surface area contributed by atoms with Gasteiger partial charge in [0.25, 0.3) is 0 Å². The number of hydrogen-bond donors (Lipinski definition) is 1. The van der Waals surface area contributed by atoms with Crippen molar-refractivity contribution in [2.45, 2.75) is 58.7 Å². The summed E-state index contributed by atoms with van der Waals surface area (Å²) in [6.45, 7) is 9.08. The van der Waals surface area contributed by atoms with E-state index < -0.39 is 16.7 Å². The van der Waals surface area contributed by atoms with Gasteiger partial charge >= 0.3 is 6.09 Å². The van der Waals surface area contributed by atoms with Crippen LogP contribution in [0, 0.1) is 5.41 Å². The van der Waals surface area contributed by atoms with Crippen LogP contribution in [0.1, 0.15) is 47.5 Å². The van der Waals surface area contributed by atoms with Gasteiger partial charge in [-0.15, -0.1) is 0 Å². The van der Waals surface area contributed by atoms with Gasteiger partial charge < -0.3 is 14.7 Å². The number of likely N-dealkylation sites (tertiary alicyclic amines) is 1. The van der Waals surface area contributed by atoms with Crippen molar-refractivity contribution in [1.29, 1.82) is 0 Å². The zero-order valence-corrected chi connectivity index (χ0v) is 12.6. The fourth-order valence-electron chi connectivity index (χ4n) is 2.38. The second kappa shape index (κ2) is 5.27. The zero-order chi connectivity index (χ0) is 14.9. The van der Waals surface area contributed by atoms with Gasteiger partial charge in [-0.25, -0.2) is 9.18 Å². The average molecular weight is 275 g/mol. The summed E-state index contributed by atoms with van der Waals surface area (Å²) in [7, 11) is 0. The first kappa shape index (κ1) is 16.2. The molecule has 1 heterocycles. The minimum absolute atomic E-state index is 0.196. The van der Waals surface area contributed by atoms with E-state index in [2.05, 4.69) is 0 Å². The van der Waals surface area contributed by atoms with Crippen LogP contribution < -0.4 is 0 Å². The molecule has 0 spiro atoms. The smallest absolute Gasteiger partial charge is 0.410 e. The van der Waals surface area contributed by atoms with Crippen molar-refractivity contribution in [1.82, 2.24) is 4.90 Å². The first-order chi connectivity index (χ1) is 8.51. The van der Waals surface area contributed by atoms with Gasteiger partial charge in [0, 0.05) is 18.5 Å². The Morgan fingerprint density at radius 3 is 2.05 bits per heavy atom. The van der Waals surface area contributed by atoms with Gasteiger partial charge in [0.05, 0.1) is 6.61 Å². The maximum atomic E-state index is 14.2. The molecule has 0 radical (unpaired) electrons. The van der Waals surface area contributed by atoms with Crippen molar-refractivity contribution >= 4 is 6.09 Å². The van der Waals surface area contributed by atoms with Crippen molar-refractivity contribution in [2.24, 2.45) is 5.41 Å². The molecule has 1 aliphatic rings. The van der Waals surface area contributed by atoms with Gasteiger partial charge in [0.2, 0.25) is 0 Å². The molecule has 1 saturated heterocycles. The second-order valence-electron chi connectivity index (χ2n) is 6.88. The van der Waals surface area contributed by atoms with E-state index in [0.29, 0.717) is 25.9 Å². The monoisotopic (exact) mass is 275 g/mol. The number of halogens is 1. The zero-order valence-electron chi connectivity index (χ0n) is 12.6. The predicted molar refractivity (Wildman–Crippen MR) is 71.7 cm³/mol. The minimum atomic E-state index is -1.46. The Morgan fingerprint density at radius 2 is 1.74 bits per heavy atom. The Morgan fingerprint density at radius 1 is 1.26 bits per heavy atom. The number of aliphatic hydroxyl groups is 1. The third-order valence-electron chi connectivity index (χ3n) is 3.94. The highest BCUT2D eigenvalue weighted by Gasteiger charge is 2.47. The van der Waals surface area contributed by atoms with Gasteiger partial charge in [-0.3, -0.25) is 0 Å². The molecule has 1 rings (SSSR count). The molecule has 0 aromatic carbocycles. The average Bonchev–Trinajstić information content (AvgIpc) is 2.25. The summed E-state index contributed by atoms with van der Waals surface area (Å²) in [5, 5.41) is 9.51. The molecule has 0 bridgehead atoms. The molecule has 0 aromatic rings. The molecule has 112 valence electrons. The Hall–Kier alpha value is -0.840. The lowest BCUT2D eigenvalue weighted by atomic mass is 9.69. The molecule has 19 heavy (non-hydrogen) atoms. The van der Waals surface area contributed by atoms with Crippen molar-refractivity contribution in [3.8, 4) is 0 Å². The van der Waals surface area contributed by atoms with Crippen molar-refractivity contribution in [3.63, 3.8) is 0 Å². The number of carbonyl (C=O) groups is 1. The first-order valence-electron chi connectivity index (χ1n) is 6.78. The van der Waals surface area contributed by atoms with E-state index in [0.717, 1.165) is 0 Å². The van der Waals surface area contributed by atoms with Crippen LogP contribution in [-0.4, -0.2) is 47.1 Å². The van der Waals surface area contributed by atoms with Gasteiger partial charge in [0.1, 0.15) is 11.3 Å². The Balaban J connectivity index is 2.64. The lowest BCUT2D eigenvalue weighted by Crippen LogP contribution is -2.53. The van der Waals surface area contributed by atoms with E-state index >= 15 is 0 Å². The molecule has 4 nitrogen and oxygen atoms in total. The summed E-state index contributed by atoms with van der Waals surface area (Å²) in [5.74, 6) is 0. The summed E-state index contributed by atoms with van der Waals surface area (Å²) in [6, 6.07) is 0.